The van der Waals surface area contributed by atoms with Crippen LogP contribution in [0.4, 0.5) is 0 Å². The van der Waals surface area contributed by atoms with Crippen LogP contribution in [0, 0.1) is 0 Å². The van der Waals surface area contributed by atoms with Crippen LogP contribution >= 0.6 is 0 Å². The molecule has 0 rings (SSSR count). The average Bonchev–Trinajstić information content (AvgIpc) is 2.10. The predicted molar refractivity (Wildman–Crippen MR) is 70.3 cm³/mol. The molecular formula is C13H25NO5. The lowest BCUT2D eigenvalue weighted by atomic mass is 10.1. The van der Waals surface area contributed by atoms with E-state index in [2.05, 4.69) is 0 Å². The Balaban J connectivity index is 4.38. The van der Waals surface area contributed by atoms with Gasteiger partial charge < -0.3 is 20.3 Å². The maximum Gasteiger partial charge on any atom is 0.326 e. The van der Waals surface area contributed by atoms with Gasteiger partial charge in [-0.05, 0) is 41.5 Å². The molecule has 0 aromatic carbocycles. The largest absolute Gasteiger partial charge is 0.460 e. The molecule has 6 heteroatoms. The van der Waals surface area contributed by atoms with Crippen LogP contribution < -0.4 is 5.73 Å². The van der Waals surface area contributed by atoms with Gasteiger partial charge in [0.25, 0.3) is 0 Å². The van der Waals surface area contributed by atoms with E-state index in [-0.39, 0.29) is 6.42 Å². The third-order valence-corrected chi connectivity index (χ3v) is 1.89. The van der Waals surface area contributed by atoms with Gasteiger partial charge in [0, 0.05) is 0 Å². The van der Waals surface area contributed by atoms with Gasteiger partial charge >= 0.3 is 11.9 Å². The highest BCUT2D eigenvalue weighted by Gasteiger charge is 2.30. The molecule has 0 bridgehead atoms. The first-order valence-corrected chi connectivity index (χ1v) is 6.20. The first-order chi connectivity index (χ1) is 8.32. The first kappa shape index (κ1) is 17.9. The van der Waals surface area contributed by atoms with E-state index in [1.54, 1.807) is 41.5 Å². The fourth-order valence-electron chi connectivity index (χ4n) is 1.21. The monoisotopic (exact) mass is 275 g/mol. The van der Waals surface area contributed by atoms with E-state index >= 15 is 0 Å². The number of carbonyl (C=O) groups excluding carboxylic acids is 2. The van der Waals surface area contributed by atoms with Crippen molar-refractivity contribution in [1.82, 2.24) is 0 Å². The Hall–Kier alpha value is -1.14. The lowest BCUT2D eigenvalue weighted by Gasteiger charge is -2.25. The van der Waals surface area contributed by atoms with Gasteiger partial charge in [0.1, 0.15) is 17.2 Å². The second-order valence-electron chi connectivity index (χ2n) is 6.42. The van der Waals surface area contributed by atoms with Gasteiger partial charge in [0.15, 0.2) is 0 Å². The highest BCUT2D eigenvalue weighted by atomic mass is 16.6. The Labute approximate surface area is 114 Å². The third kappa shape index (κ3) is 8.56. The number of aliphatic hydroxyl groups is 1. The summed E-state index contributed by atoms with van der Waals surface area (Å²) in [4.78, 5) is 23.1. The molecule has 0 aliphatic carbocycles. The first-order valence-electron chi connectivity index (χ1n) is 6.20. The molecule has 19 heavy (non-hydrogen) atoms. The minimum atomic E-state index is -1.33. The summed E-state index contributed by atoms with van der Waals surface area (Å²) >= 11 is 0. The summed E-state index contributed by atoms with van der Waals surface area (Å²) in [5, 5.41) is 9.73. The van der Waals surface area contributed by atoms with E-state index in [0.29, 0.717) is 0 Å². The quantitative estimate of drug-likeness (QED) is 0.734. The Bertz CT molecular complexity index is 327. The van der Waals surface area contributed by atoms with Crippen molar-refractivity contribution >= 4 is 11.9 Å². The Morgan fingerprint density at radius 2 is 1.47 bits per heavy atom. The van der Waals surface area contributed by atoms with Crippen LogP contribution in [0.5, 0.6) is 0 Å². The van der Waals surface area contributed by atoms with Gasteiger partial charge in [-0.3, -0.25) is 9.59 Å². The maximum atomic E-state index is 11.6. The van der Waals surface area contributed by atoms with Gasteiger partial charge in [-0.1, -0.05) is 0 Å². The molecule has 0 amide bonds. The van der Waals surface area contributed by atoms with E-state index < -0.39 is 35.3 Å². The highest BCUT2D eigenvalue weighted by molar-refractivity contribution is 5.78. The van der Waals surface area contributed by atoms with Gasteiger partial charge in [-0.15, -0.1) is 0 Å². The van der Waals surface area contributed by atoms with Crippen molar-refractivity contribution in [2.45, 2.75) is 71.3 Å². The number of esters is 2. The number of ether oxygens (including phenoxy) is 2. The van der Waals surface area contributed by atoms with E-state index in [9.17, 15) is 14.7 Å². The SMILES string of the molecule is CC(C)(C)OC(=O)CC(O)[C@H](N)C(=O)OC(C)(C)C. The molecule has 0 saturated heterocycles. The standard InChI is InChI=1S/C13H25NO5/c1-12(2,3)18-9(16)7-8(15)10(14)11(17)19-13(4,5)6/h8,10,15H,7,14H2,1-6H3/t8?,10-/m0/s1. The van der Waals surface area contributed by atoms with Crippen molar-refractivity contribution in [3.8, 4) is 0 Å². The number of carbonyl (C=O) groups is 2. The van der Waals surface area contributed by atoms with Crippen LogP contribution in [0.25, 0.3) is 0 Å². The second kappa shape index (κ2) is 6.34. The fraction of sp³-hybridized carbons (Fsp3) is 0.846. The van der Waals surface area contributed by atoms with Crippen molar-refractivity contribution in [2.24, 2.45) is 5.73 Å². The molecule has 0 heterocycles. The number of nitrogens with two attached hydrogens (primary N) is 1. The summed E-state index contributed by atoms with van der Waals surface area (Å²) in [5.41, 5.74) is 4.21. The normalized spacial score (nSPS) is 15.6. The van der Waals surface area contributed by atoms with Crippen molar-refractivity contribution in [3.05, 3.63) is 0 Å². The second-order valence-corrected chi connectivity index (χ2v) is 6.42. The van der Waals surface area contributed by atoms with Gasteiger partial charge in [0.2, 0.25) is 0 Å². The van der Waals surface area contributed by atoms with Gasteiger partial charge in [0.05, 0.1) is 12.5 Å². The molecule has 0 spiro atoms. The molecule has 0 aliphatic heterocycles. The Morgan fingerprint density at radius 3 is 1.84 bits per heavy atom. The number of hydrogen-bond donors (Lipinski definition) is 2. The summed E-state index contributed by atoms with van der Waals surface area (Å²) in [7, 11) is 0. The van der Waals surface area contributed by atoms with Crippen LogP contribution in [0.3, 0.4) is 0 Å². The van der Waals surface area contributed by atoms with Gasteiger partial charge in [-0.2, -0.15) is 0 Å². The topological polar surface area (TPSA) is 98.9 Å². The zero-order chi connectivity index (χ0) is 15.4. The zero-order valence-corrected chi connectivity index (χ0v) is 12.5. The summed E-state index contributed by atoms with van der Waals surface area (Å²) in [6.07, 6.45) is -1.68. The van der Waals surface area contributed by atoms with Gasteiger partial charge in [-0.25, -0.2) is 0 Å². The lowest BCUT2D eigenvalue weighted by Crippen LogP contribution is -2.46. The molecule has 112 valence electrons. The van der Waals surface area contributed by atoms with Crippen LogP contribution in [0.15, 0.2) is 0 Å². The Morgan fingerprint density at radius 1 is 1.05 bits per heavy atom. The molecule has 0 aromatic rings. The zero-order valence-electron chi connectivity index (χ0n) is 12.5. The minimum Gasteiger partial charge on any atom is -0.460 e. The maximum absolute atomic E-state index is 11.6. The fourth-order valence-corrected chi connectivity index (χ4v) is 1.21. The summed E-state index contributed by atoms with van der Waals surface area (Å²) in [5.74, 6) is -1.36. The molecule has 0 aromatic heterocycles. The van der Waals surface area contributed by atoms with E-state index in [0.717, 1.165) is 0 Å². The van der Waals surface area contributed by atoms with Crippen molar-refractivity contribution in [2.75, 3.05) is 0 Å². The molecule has 1 unspecified atom stereocenters. The van der Waals surface area contributed by atoms with Crippen molar-refractivity contribution < 1.29 is 24.2 Å². The molecule has 0 radical (unpaired) electrons. The lowest BCUT2D eigenvalue weighted by molar-refractivity contribution is -0.162. The molecule has 0 aliphatic rings. The smallest absolute Gasteiger partial charge is 0.326 e. The highest BCUT2D eigenvalue weighted by Crippen LogP contribution is 2.12. The third-order valence-electron chi connectivity index (χ3n) is 1.89. The average molecular weight is 275 g/mol. The van der Waals surface area contributed by atoms with Crippen LogP contribution in [-0.2, 0) is 19.1 Å². The van der Waals surface area contributed by atoms with E-state index in [1.165, 1.54) is 0 Å². The minimum absolute atomic E-state index is 0.350. The number of aliphatic hydroxyl groups excluding tert-OH is 1. The molecule has 6 nitrogen and oxygen atoms in total. The molecule has 2 atom stereocenters. The van der Waals surface area contributed by atoms with Crippen molar-refractivity contribution in [1.29, 1.82) is 0 Å². The number of rotatable bonds is 4. The summed E-state index contributed by atoms with van der Waals surface area (Å²) in [6.45, 7) is 10.2. The summed E-state index contributed by atoms with van der Waals surface area (Å²) in [6, 6.07) is -1.27. The Kier molecular flexibility index (Phi) is 5.96. The number of hydrogen-bond acceptors (Lipinski definition) is 6. The van der Waals surface area contributed by atoms with Crippen LogP contribution in [0.2, 0.25) is 0 Å². The predicted octanol–water partition coefficient (Wildman–Crippen LogP) is 0.748. The van der Waals surface area contributed by atoms with E-state index in [4.69, 9.17) is 15.2 Å². The molecular weight excluding hydrogens is 250 g/mol. The molecule has 3 N–H and O–H groups in total. The van der Waals surface area contributed by atoms with E-state index in [1.807, 2.05) is 0 Å². The summed E-state index contributed by atoms with van der Waals surface area (Å²) < 4.78 is 10.1. The van der Waals surface area contributed by atoms with Crippen LogP contribution in [-0.4, -0.2) is 40.4 Å². The van der Waals surface area contributed by atoms with Crippen LogP contribution in [0.1, 0.15) is 48.0 Å². The molecule has 0 saturated carbocycles. The molecule has 0 fully saturated rings. The van der Waals surface area contributed by atoms with Crippen molar-refractivity contribution in [3.63, 3.8) is 0 Å².